The van der Waals surface area contributed by atoms with Gasteiger partial charge in [0.15, 0.2) is 0 Å². The predicted octanol–water partition coefficient (Wildman–Crippen LogP) is 2.40. The summed E-state index contributed by atoms with van der Waals surface area (Å²) in [7, 11) is 1.37. The fraction of sp³-hybridized carbons (Fsp3) is 0.474. The molecule has 1 fully saturated rings. The Hall–Kier alpha value is -2.32. The SMILES string of the molecule is COc1nc(N2CCN(CCCCO)CC2c2ccc(F)cc2)ncc1F. The zero-order valence-electron chi connectivity index (χ0n) is 15.3. The van der Waals surface area contributed by atoms with Gasteiger partial charge in [0.05, 0.1) is 19.3 Å². The number of aliphatic hydroxyl groups is 1. The molecular formula is C19H24F2N4O2. The molecule has 0 bridgehead atoms. The van der Waals surface area contributed by atoms with Gasteiger partial charge in [-0.05, 0) is 37.1 Å². The van der Waals surface area contributed by atoms with Crippen LogP contribution in [0.2, 0.25) is 0 Å². The molecule has 1 aliphatic rings. The number of aliphatic hydroxyl groups excluding tert-OH is 1. The van der Waals surface area contributed by atoms with E-state index in [-0.39, 0.29) is 24.3 Å². The number of rotatable bonds is 7. The lowest BCUT2D eigenvalue weighted by Gasteiger charge is -2.41. The van der Waals surface area contributed by atoms with Crippen molar-refractivity contribution in [3.8, 4) is 5.88 Å². The number of ether oxygens (including phenoxy) is 1. The van der Waals surface area contributed by atoms with Crippen LogP contribution in [0.5, 0.6) is 5.88 Å². The number of hydrogen-bond acceptors (Lipinski definition) is 6. The second-order valence-corrected chi connectivity index (χ2v) is 6.52. The van der Waals surface area contributed by atoms with E-state index in [0.717, 1.165) is 37.7 Å². The van der Waals surface area contributed by atoms with E-state index in [2.05, 4.69) is 14.9 Å². The summed E-state index contributed by atoms with van der Waals surface area (Å²) >= 11 is 0. The van der Waals surface area contributed by atoms with Gasteiger partial charge < -0.3 is 14.7 Å². The van der Waals surface area contributed by atoms with Gasteiger partial charge in [0.25, 0.3) is 5.88 Å². The summed E-state index contributed by atoms with van der Waals surface area (Å²) in [5, 5.41) is 8.99. The standard InChI is InChI=1S/C19H24F2N4O2/c1-27-18-16(21)12-22-19(23-18)25-10-9-24(8-2-3-11-26)13-17(25)14-4-6-15(20)7-5-14/h4-7,12,17,26H,2-3,8-11,13H2,1H3. The molecule has 146 valence electrons. The van der Waals surface area contributed by atoms with Gasteiger partial charge in [-0.3, -0.25) is 4.90 Å². The van der Waals surface area contributed by atoms with Crippen LogP contribution in [-0.4, -0.2) is 59.9 Å². The topological polar surface area (TPSA) is 61.7 Å². The van der Waals surface area contributed by atoms with E-state index in [1.54, 1.807) is 12.1 Å². The van der Waals surface area contributed by atoms with Crippen molar-refractivity contribution in [1.82, 2.24) is 14.9 Å². The van der Waals surface area contributed by atoms with Crippen LogP contribution in [-0.2, 0) is 0 Å². The zero-order chi connectivity index (χ0) is 19.2. The van der Waals surface area contributed by atoms with Crippen LogP contribution in [0.3, 0.4) is 0 Å². The second kappa shape index (κ2) is 9.05. The summed E-state index contributed by atoms with van der Waals surface area (Å²) in [4.78, 5) is 12.6. The molecule has 0 saturated carbocycles. The molecule has 1 saturated heterocycles. The molecule has 0 amide bonds. The van der Waals surface area contributed by atoms with E-state index in [4.69, 9.17) is 9.84 Å². The Morgan fingerprint density at radius 2 is 1.96 bits per heavy atom. The van der Waals surface area contributed by atoms with Crippen molar-refractivity contribution in [1.29, 1.82) is 0 Å². The van der Waals surface area contributed by atoms with Crippen LogP contribution in [0.4, 0.5) is 14.7 Å². The van der Waals surface area contributed by atoms with Crippen LogP contribution < -0.4 is 9.64 Å². The maximum Gasteiger partial charge on any atom is 0.255 e. The predicted molar refractivity (Wildman–Crippen MR) is 97.8 cm³/mol. The lowest BCUT2D eigenvalue weighted by atomic mass is 10.0. The smallest absolute Gasteiger partial charge is 0.255 e. The molecule has 1 N–H and O–H groups in total. The molecule has 2 aromatic rings. The Balaban J connectivity index is 1.86. The molecule has 0 radical (unpaired) electrons. The van der Waals surface area contributed by atoms with Gasteiger partial charge >= 0.3 is 0 Å². The summed E-state index contributed by atoms with van der Waals surface area (Å²) in [6.07, 6.45) is 2.78. The van der Waals surface area contributed by atoms with Gasteiger partial charge in [0.2, 0.25) is 11.8 Å². The minimum atomic E-state index is -0.609. The van der Waals surface area contributed by atoms with Gasteiger partial charge in [-0.25, -0.2) is 9.37 Å². The van der Waals surface area contributed by atoms with E-state index in [1.807, 2.05) is 4.90 Å². The average molecular weight is 378 g/mol. The molecule has 1 aromatic carbocycles. The molecule has 1 aromatic heterocycles. The fourth-order valence-electron chi connectivity index (χ4n) is 3.32. The van der Waals surface area contributed by atoms with Gasteiger partial charge in [0.1, 0.15) is 5.82 Å². The first-order chi connectivity index (χ1) is 13.1. The molecule has 1 unspecified atom stereocenters. The highest BCUT2D eigenvalue weighted by Gasteiger charge is 2.30. The normalized spacial score (nSPS) is 17.9. The number of benzene rings is 1. The Labute approximate surface area is 157 Å². The number of methoxy groups -OCH3 is 1. The Morgan fingerprint density at radius 1 is 1.19 bits per heavy atom. The van der Waals surface area contributed by atoms with Crippen molar-refractivity contribution in [3.05, 3.63) is 47.7 Å². The number of aromatic nitrogens is 2. The minimum Gasteiger partial charge on any atom is -0.479 e. The van der Waals surface area contributed by atoms with Gasteiger partial charge in [-0.1, -0.05) is 12.1 Å². The van der Waals surface area contributed by atoms with E-state index in [1.165, 1.54) is 19.2 Å². The van der Waals surface area contributed by atoms with E-state index < -0.39 is 5.82 Å². The molecule has 6 nitrogen and oxygen atoms in total. The minimum absolute atomic E-state index is 0.0938. The van der Waals surface area contributed by atoms with Crippen LogP contribution >= 0.6 is 0 Å². The highest BCUT2D eigenvalue weighted by Crippen LogP contribution is 2.30. The number of halogens is 2. The Kier molecular flexibility index (Phi) is 6.52. The molecular weight excluding hydrogens is 354 g/mol. The van der Waals surface area contributed by atoms with Crippen molar-refractivity contribution in [3.63, 3.8) is 0 Å². The van der Waals surface area contributed by atoms with Crippen LogP contribution in [0.1, 0.15) is 24.4 Å². The molecule has 3 rings (SSSR count). The molecule has 1 atom stereocenters. The quantitative estimate of drug-likeness (QED) is 0.747. The molecule has 1 aliphatic heterocycles. The number of anilines is 1. The van der Waals surface area contributed by atoms with E-state index in [0.29, 0.717) is 19.0 Å². The number of unbranched alkanes of at least 4 members (excludes halogenated alkanes) is 1. The largest absolute Gasteiger partial charge is 0.479 e. The molecule has 0 aliphatic carbocycles. The number of nitrogens with zero attached hydrogens (tertiary/aromatic N) is 4. The monoisotopic (exact) mass is 378 g/mol. The van der Waals surface area contributed by atoms with Crippen molar-refractivity contribution in [2.75, 3.05) is 44.8 Å². The summed E-state index contributed by atoms with van der Waals surface area (Å²) < 4.78 is 32.0. The van der Waals surface area contributed by atoms with Gasteiger partial charge in [-0.15, -0.1) is 0 Å². The lowest BCUT2D eigenvalue weighted by molar-refractivity contribution is 0.207. The van der Waals surface area contributed by atoms with Gasteiger partial charge in [0, 0.05) is 26.2 Å². The molecule has 2 heterocycles. The van der Waals surface area contributed by atoms with Crippen molar-refractivity contribution < 1.29 is 18.6 Å². The van der Waals surface area contributed by atoms with Crippen molar-refractivity contribution in [2.45, 2.75) is 18.9 Å². The molecule has 8 heteroatoms. The van der Waals surface area contributed by atoms with Crippen molar-refractivity contribution in [2.24, 2.45) is 0 Å². The van der Waals surface area contributed by atoms with E-state index >= 15 is 0 Å². The summed E-state index contributed by atoms with van der Waals surface area (Å²) in [5.41, 5.74) is 0.940. The number of piperazine rings is 1. The van der Waals surface area contributed by atoms with E-state index in [9.17, 15) is 8.78 Å². The second-order valence-electron chi connectivity index (χ2n) is 6.52. The van der Waals surface area contributed by atoms with Crippen LogP contribution in [0.15, 0.2) is 30.5 Å². The highest BCUT2D eigenvalue weighted by molar-refractivity contribution is 5.39. The third-order valence-electron chi connectivity index (χ3n) is 4.75. The van der Waals surface area contributed by atoms with Gasteiger partial charge in [-0.2, -0.15) is 9.37 Å². The fourth-order valence-corrected chi connectivity index (χ4v) is 3.32. The van der Waals surface area contributed by atoms with Crippen molar-refractivity contribution >= 4 is 5.95 Å². The van der Waals surface area contributed by atoms with Crippen LogP contribution in [0.25, 0.3) is 0 Å². The maximum absolute atomic E-state index is 13.7. The third-order valence-corrected chi connectivity index (χ3v) is 4.75. The summed E-state index contributed by atoms with van der Waals surface area (Å²) in [6.45, 7) is 3.21. The number of hydrogen-bond donors (Lipinski definition) is 1. The summed E-state index contributed by atoms with van der Waals surface area (Å²) in [5.74, 6) is -0.608. The Bertz CT molecular complexity index is 745. The van der Waals surface area contributed by atoms with Crippen LogP contribution in [0, 0.1) is 11.6 Å². The first-order valence-corrected chi connectivity index (χ1v) is 9.04. The summed E-state index contributed by atoms with van der Waals surface area (Å²) in [6, 6.07) is 6.29. The zero-order valence-corrected chi connectivity index (χ0v) is 15.3. The molecule has 27 heavy (non-hydrogen) atoms. The third kappa shape index (κ3) is 4.70. The first-order valence-electron chi connectivity index (χ1n) is 9.04. The average Bonchev–Trinajstić information content (AvgIpc) is 2.69. The Morgan fingerprint density at radius 3 is 2.67 bits per heavy atom. The molecule has 0 spiro atoms. The first kappa shape index (κ1) is 19.4. The highest BCUT2D eigenvalue weighted by atomic mass is 19.1. The lowest BCUT2D eigenvalue weighted by Crippen LogP contribution is -2.49. The maximum atomic E-state index is 13.7.